The molecule has 6 heteroatoms. The van der Waals surface area contributed by atoms with Crippen LogP contribution in [0, 0.1) is 6.92 Å². The van der Waals surface area contributed by atoms with Crippen LogP contribution in [-0.2, 0) is 4.79 Å². The molecule has 0 unspecified atom stereocenters. The molecule has 132 valence electrons. The van der Waals surface area contributed by atoms with E-state index in [1.54, 1.807) is 0 Å². The molecule has 1 saturated heterocycles. The van der Waals surface area contributed by atoms with Gasteiger partial charge in [0.25, 0.3) is 0 Å². The third-order valence-corrected chi connectivity index (χ3v) is 6.07. The van der Waals surface area contributed by atoms with Crippen molar-refractivity contribution in [3.05, 3.63) is 30.0 Å². The molecule has 2 fully saturated rings. The number of hydrogen-bond acceptors (Lipinski definition) is 5. The van der Waals surface area contributed by atoms with E-state index >= 15 is 0 Å². The van der Waals surface area contributed by atoms with Gasteiger partial charge < -0.3 is 10.2 Å². The van der Waals surface area contributed by atoms with Crippen molar-refractivity contribution in [2.45, 2.75) is 49.7 Å². The molecule has 5 nitrogen and oxygen atoms in total. The first kappa shape index (κ1) is 16.8. The maximum atomic E-state index is 12.3. The first-order valence-corrected chi connectivity index (χ1v) is 10.1. The van der Waals surface area contributed by atoms with E-state index in [0.29, 0.717) is 11.8 Å². The fraction of sp³-hybridized carbons (Fsp3) is 0.526. The lowest BCUT2D eigenvalue weighted by atomic mass is 10.1. The zero-order valence-corrected chi connectivity index (χ0v) is 15.4. The molecule has 0 bridgehead atoms. The molecule has 0 radical (unpaired) electrons. The smallest absolute Gasteiger partial charge is 0.230 e. The van der Waals surface area contributed by atoms with Gasteiger partial charge in [-0.2, -0.15) is 0 Å². The van der Waals surface area contributed by atoms with E-state index in [2.05, 4.69) is 20.2 Å². The summed E-state index contributed by atoms with van der Waals surface area (Å²) < 4.78 is 0. The molecule has 2 aromatic rings. The Bertz CT molecular complexity index is 769. The molecule has 4 rings (SSSR count). The molecule has 1 aliphatic heterocycles. The predicted molar refractivity (Wildman–Crippen MR) is 101 cm³/mol. The molecule has 2 aliphatic rings. The molecule has 1 aromatic carbocycles. The van der Waals surface area contributed by atoms with Gasteiger partial charge in [0, 0.05) is 25.2 Å². The molecule has 2 heterocycles. The number of benzene rings is 1. The van der Waals surface area contributed by atoms with Gasteiger partial charge in [0.15, 0.2) is 0 Å². The van der Waals surface area contributed by atoms with E-state index in [-0.39, 0.29) is 5.91 Å². The van der Waals surface area contributed by atoms with E-state index < -0.39 is 0 Å². The zero-order chi connectivity index (χ0) is 17.2. The second-order valence-corrected chi connectivity index (χ2v) is 7.96. The van der Waals surface area contributed by atoms with Crippen LogP contribution < -0.4 is 5.32 Å². The Morgan fingerprint density at radius 2 is 1.84 bits per heavy atom. The highest BCUT2D eigenvalue weighted by molar-refractivity contribution is 7.99. The van der Waals surface area contributed by atoms with Gasteiger partial charge in [-0.1, -0.05) is 23.9 Å². The number of carbonyl (C=O) groups is 1. The lowest BCUT2D eigenvalue weighted by molar-refractivity contribution is -0.119. The third kappa shape index (κ3) is 4.12. The van der Waals surface area contributed by atoms with E-state index in [9.17, 15) is 4.79 Å². The molecule has 1 saturated carbocycles. The van der Waals surface area contributed by atoms with Crippen LogP contribution in [0.3, 0.4) is 0 Å². The van der Waals surface area contributed by atoms with Crippen LogP contribution in [0.2, 0.25) is 0 Å². The predicted octanol–water partition coefficient (Wildman–Crippen LogP) is 2.77. The van der Waals surface area contributed by atoms with E-state index in [1.165, 1.54) is 24.6 Å². The van der Waals surface area contributed by atoms with Crippen LogP contribution in [0.1, 0.15) is 31.4 Å². The number of thioether (sulfide) groups is 1. The molecule has 0 atom stereocenters. The first-order chi connectivity index (χ1) is 12.2. The SMILES string of the molecule is Cc1nc2ccccc2nc1SCC(=O)NC1CCN(C2CC2)CC1. The molecular formula is C19H24N4OS. The number of aromatic nitrogens is 2. The molecule has 1 N–H and O–H groups in total. The highest BCUT2D eigenvalue weighted by atomic mass is 32.2. The summed E-state index contributed by atoms with van der Waals surface area (Å²) in [5.74, 6) is 0.501. The van der Waals surface area contributed by atoms with Crippen molar-refractivity contribution in [3.8, 4) is 0 Å². The second-order valence-electron chi connectivity index (χ2n) is 7.00. The first-order valence-electron chi connectivity index (χ1n) is 9.08. The summed E-state index contributed by atoms with van der Waals surface area (Å²) in [6.07, 6.45) is 4.86. The summed E-state index contributed by atoms with van der Waals surface area (Å²) in [4.78, 5) is 24.1. The molecule has 1 amide bonds. The van der Waals surface area contributed by atoms with Crippen molar-refractivity contribution >= 4 is 28.7 Å². The number of nitrogens with one attached hydrogen (secondary N) is 1. The van der Waals surface area contributed by atoms with Crippen LogP contribution in [-0.4, -0.2) is 51.7 Å². The van der Waals surface area contributed by atoms with Crippen molar-refractivity contribution in [1.29, 1.82) is 0 Å². The Kier molecular flexibility index (Phi) is 4.90. The minimum absolute atomic E-state index is 0.101. The summed E-state index contributed by atoms with van der Waals surface area (Å²) in [6, 6.07) is 9.00. The highest BCUT2D eigenvalue weighted by Crippen LogP contribution is 2.29. The average Bonchev–Trinajstić information content (AvgIpc) is 3.46. The topological polar surface area (TPSA) is 58.1 Å². The summed E-state index contributed by atoms with van der Waals surface area (Å²) in [7, 11) is 0. The standard InChI is InChI=1S/C19H24N4OS/c1-13-19(22-17-5-3-2-4-16(17)20-13)25-12-18(24)21-14-8-10-23(11-9-14)15-6-7-15/h2-5,14-15H,6-12H2,1H3,(H,21,24). The Labute approximate surface area is 152 Å². The fourth-order valence-corrected chi connectivity index (χ4v) is 4.23. The average molecular weight is 356 g/mol. The summed E-state index contributed by atoms with van der Waals surface area (Å²) in [5, 5.41) is 4.04. The second kappa shape index (κ2) is 7.30. The maximum absolute atomic E-state index is 12.3. The van der Waals surface area contributed by atoms with Crippen LogP contribution in [0.15, 0.2) is 29.3 Å². The lowest BCUT2D eigenvalue weighted by Crippen LogP contribution is -2.45. The monoisotopic (exact) mass is 356 g/mol. The zero-order valence-electron chi connectivity index (χ0n) is 14.6. The number of likely N-dealkylation sites (tertiary alicyclic amines) is 1. The quantitative estimate of drug-likeness (QED) is 0.835. The number of para-hydroxylation sites is 2. The Balaban J connectivity index is 1.29. The van der Waals surface area contributed by atoms with Gasteiger partial charge >= 0.3 is 0 Å². The Morgan fingerprint density at radius 1 is 1.16 bits per heavy atom. The third-order valence-electron chi connectivity index (χ3n) is 5.00. The summed E-state index contributed by atoms with van der Waals surface area (Å²) >= 11 is 1.48. The van der Waals surface area contributed by atoms with Crippen molar-refractivity contribution < 1.29 is 4.79 Å². The normalized spacial score (nSPS) is 19.2. The number of carbonyl (C=O) groups excluding carboxylic acids is 1. The van der Waals surface area contributed by atoms with Crippen molar-refractivity contribution in [1.82, 2.24) is 20.2 Å². The number of fused-ring (bicyclic) bond motifs is 1. The summed E-state index contributed by atoms with van der Waals surface area (Å²) in [5.41, 5.74) is 2.66. The Hall–Kier alpha value is -1.66. The number of piperidine rings is 1. The van der Waals surface area contributed by atoms with E-state index in [4.69, 9.17) is 0 Å². The largest absolute Gasteiger partial charge is 0.353 e. The molecule has 1 aromatic heterocycles. The highest BCUT2D eigenvalue weighted by Gasteiger charge is 2.32. The number of hydrogen-bond donors (Lipinski definition) is 1. The number of aryl methyl sites for hydroxylation is 1. The minimum Gasteiger partial charge on any atom is -0.353 e. The number of nitrogens with zero attached hydrogens (tertiary/aromatic N) is 3. The Morgan fingerprint density at radius 3 is 2.52 bits per heavy atom. The van der Waals surface area contributed by atoms with Crippen LogP contribution in [0.4, 0.5) is 0 Å². The fourth-order valence-electron chi connectivity index (χ4n) is 3.46. The maximum Gasteiger partial charge on any atom is 0.230 e. The number of rotatable bonds is 5. The van der Waals surface area contributed by atoms with Gasteiger partial charge in [0.1, 0.15) is 5.03 Å². The molecule has 1 aliphatic carbocycles. The van der Waals surface area contributed by atoms with Gasteiger partial charge in [-0.25, -0.2) is 9.97 Å². The van der Waals surface area contributed by atoms with Crippen molar-refractivity contribution in [3.63, 3.8) is 0 Å². The van der Waals surface area contributed by atoms with E-state index in [0.717, 1.165) is 53.7 Å². The number of amides is 1. The molecule has 25 heavy (non-hydrogen) atoms. The van der Waals surface area contributed by atoms with Gasteiger partial charge in [0.05, 0.1) is 22.5 Å². The van der Waals surface area contributed by atoms with Crippen molar-refractivity contribution in [2.75, 3.05) is 18.8 Å². The van der Waals surface area contributed by atoms with Crippen LogP contribution in [0.5, 0.6) is 0 Å². The van der Waals surface area contributed by atoms with Gasteiger partial charge in [-0.15, -0.1) is 0 Å². The van der Waals surface area contributed by atoms with Crippen LogP contribution in [0.25, 0.3) is 11.0 Å². The lowest BCUT2D eigenvalue weighted by Gasteiger charge is -2.32. The van der Waals surface area contributed by atoms with Gasteiger partial charge in [0.2, 0.25) is 5.91 Å². The minimum atomic E-state index is 0.101. The van der Waals surface area contributed by atoms with Gasteiger partial charge in [-0.3, -0.25) is 4.79 Å². The molecule has 0 spiro atoms. The van der Waals surface area contributed by atoms with Crippen molar-refractivity contribution in [2.24, 2.45) is 0 Å². The van der Waals surface area contributed by atoms with Crippen LogP contribution >= 0.6 is 11.8 Å². The van der Waals surface area contributed by atoms with Gasteiger partial charge in [-0.05, 0) is 44.7 Å². The summed E-state index contributed by atoms with van der Waals surface area (Å²) in [6.45, 7) is 4.20. The van der Waals surface area contributed by atoms with E-state index in [1.807, 2.05) is 31.2 Å². The molecular weight excluding hydrogens is 332 g/mol.